The molecule has 1 aromatic heterocycles. The average Bonchev–Trinajstić information content (AvgIpc) is 2.77. The Morgan fingerprint density at radius 1 is 1.28 bits per heavy atom. The van der Waals surface area contributed by atoms with Crippen molar-refractivity contribution < 1.29 is 4.39 Å². The van der Waals surface area contributed by atoms with Gasteiger partial charge in [0, 0.05) is 15.6 Å². The fourth-order valence-electron chi connectivity index (χ4n) is 1.85. The van der Waals surface area contributed by atoms with E-state index in [-0.39, 0.29) is 11.9 Å². The fraction of sp³-hybridized carbons (Fsp3) is 0.286. The molecule has 2 aromatic rings. The summed E-state index contributed by atoms with van der Waals surface area (Å²) < 4.78 is 13.3. The van der Waals surface area contributed by atoms with Crippen molar-refractivity contribution in [2.75, 3.05) is 5.32 Å². The lowest BCUT2D eigenvalue weighted by Gasteiger charge is -2.22. The van der Waals surface area contributed by atoms with Crippen molar-refractivity contribution in [3.8, 4) is 0 Å². The van der Waals surface area contributed by atoms with Gasteiger partial charge in [-0.25, -0.2) is 4.39 Å². The van der Waals surface area contributed by atoms with E-state index in [0.717, 1.165) is 0 Å². The van der Waals surface area contributed by atoms with E-state index in [4.69, 9.17) is 11.6 Å². The van der Waals surface area contributed by atoms with Crippen LogP contribution in [0.1, 0.15) is 24.8 Å². The lowest BCUT2D eigenvalue weighted by Crippen LogP contribution is -2.15. The molecule has 0 saturated carbocycles. The lowest BCUT2D eigenvalue weighted by molar-refractivity contribution is 0.553. The number of anilines is 1. The minimum absolute atomic E-state index is 0.169. The molecule has 0 saturated heterocycles. The molecule has 1 atom stereocenters. The summed E-state index contributed by atoms with van der Waals surface area (Å²) in [6.45, 7) is 4.27. The van der Waals surface area contributed by atoms with Gasteiger partial charge in [0.1, 0.15) is 5.82 Å². The molecule has 4 heteroatoms. The lowest BCUT2D eigenvalue weighted by atomic mass is 10.0. The molecule has 1 N–H and O–H groups in total. The van der Waals surface area contributed by atoms with Crippen LogP contribution in [0.3, 0.4) is 0 Å². The van der Waals surface area contributed by atoms with Gasteiger partial charge in [0.25, 0.3) is 0 Å². The molecule has 2 rings (SSSR count). The van der Waals surface area contributed by atoms with E-state index in [1.165, 1.54) is 17.0 Å². The zero-order valence-corrected chi connectivity index (χ0v) is 11.9. The third-order valence-electron chi connectivity index (χ3n) is 2.70. The third kappa shape index (κ3) is 3.24. The van der Waals surface area contributed by atoms with Gasteiger partial charge in [0.2, 0.25) is 0 Å². The van der Waals surface area contributed by atoms with Crippen LogP contribution < -0.4 is 5.32 Å². The first kappa shape index (κ1) is 13.4. The highest BCUT2D eigenvalue weighted by atomic mass is 35.5. The monoisotopic (exact) mass is 283 g/mol. The highest BCUT2D eigenvalue weighted by Crippen LogP contribution is 2.30. The number of benzene rings is 1. The van der Waals surface area contributed by atoms with Crippen LogP contribution in [0.4, 0.5) is 10.1 Å². The standard InChI is InChI=1S/C14H15ClFNS/c1-9(2)14(13-4-3-5-18-13)17-12-7-10(15)6-11(16)8-12/h3-9,14,17H,1-2H3. The predicted molar refractivity (Wildman–Crippen MR) is 76.9 cm³/mol. The van der Waals surface area contributed by atoms with E-state index < -0.39 is 0 Å². The van der Waals surface area contributed by atoms with Crippen molar-refractivity contribution in [2.24, 2.45) is 5.92 Å². The molecule has 0 aliphatic rings. The van der Waals surface area contributed by atoms with Gasteiger partial charge in [-0.15, -0.1) is 11.3 Å². The Morgan fingerprint density at radius 3 is 2.61 bits per heavy atom. The van der Waals surface area contributed by atoms with E-state index in [0.29, 0.717) is 16.6 Å². The van der Waals surface area contributed by atoms with Crippen LogP contribution in [0.2, 0.25) is 5.02 Å². The van der Waals surface area contributed by atoms with Crippen molar-refractivity contribution in [2.45, 2.75) is 19.9 Å². The number of hydrogen-bond acceptors (Lipinski definition) is 2. The molecule has 0 aliphatic carbocycles. The smallest absolute Gasteiger partial charge is 0.126 e. The Bertz CT molecular complexity index is 490. The normalized spacial score (nSPS) is 12.7. The number of hydrogen-bond donors (Lipinski definition) is 1. The third-order valence-corrected chi connectivity index (χ3v) is 3.87. The van der Waals surface area contributed by atoms with Gasteiger partial charge in [-0.05, 0) is 35.6 Å². The van der Waals surface area contributed by atoms with Crippen molar-refractivity contribution in [3.05, 3.63) is 51.4 Å². The Balaban J connectivity index is 2.24. The summed E-state index contributed by atoms with van der Waals surface area (Å²) in [5, 5.41) is 5.80. The summed E-state index contributed by atoms with van der Waals surface area (Å²) >= 11 is 7.56. The summed E-state index contributed by atoms with van der Waals surface area (Å²) in [5.74, 6) is 0.0874. The number of rotatable bonds is 4. The molecule has 0 radical (unpaired) electrons. The van der Waals surface area contributed by atoms with Crippen LogP contribution in [0.5, 0.6) is 0 Å². The number of halogens is 2. The highest BCUT2D eigenvalue weighted by Gasteiger charge is 2.16. The van der Waals surface area contributed by atoms with Crippen LogP contribution in [0.15, 0.2) is 35.7 Å². The Morgan fingerprint density at radius 2 is 2.06 bits per heavy atom. The zero-order chi connectivity index (χ0) is 13.1. The van der Waals surface area contributed by atoms with Gasteiger partial charge in [-0.3, -0.25) is 0 Å². The van der Waals surface area contributed by atoms with E-state index in [1.807, 2.05) is 11.4 Å². The maximum atomic E-state index is 13.3. The molecule has 1 nitrogen and oxygen atoms in total. The number of nitrogens with one attached hydrogen (secondary N) is 1. The SMILES string of the molecule is CC(C)C(Nc1cc(F)cc(Cl)c1)c1cccs1. The molecule has 1 aromatic carbocycles. The summed E-state index contributed by atoms with van der Waals surface area (Å²) in [4.78, 5) is 1.24. The van der Waals surface area contributed by atoms with Crippen LogP contribution in [-0.2, 0) is 0 Å². The molecule has 96 valence electrons. The van der Waals surface area contributed by atoms with Crippen molar-refractivity contribution in [1.29, 1.82) is 0 Å². The van der Waals surface area contributed by atoms with Crippen molar-refractivity contribution in [1.82, 2.24) is 0 Å². The predicted octanol–water partition coefficient (Wildman–Crippen LogP) is 5.35. The van der Waals surface area contributed by atoms with Crippen LogP contribution in [-0.4, -0.2) is 0 Å². The zero-order valence-electron chi connectivity index (χ0n) is 10.3. The molecule has 0 spiro atoms. The minimum atomic E-state index is -0.321. The number of thiophene rings is 1. The molecule has 0 fully saturated rings. The fourth-order valence-corrected chi connectivity index (χ4v) is 3.02. The Kier molecular flexibility index (Phi) is 4.25. The molecule has 1 unspecified atom stereocenters. The van der Waals surface area contributed by atoms with E-state index >= 15 is 0 Å². The van der Waals surface area contributed by atoms with Crippen molar-refractivity contribution in [3.63, 3.8) is 0 Å². The highest BCUT2D eigenvalue weighted by molar-refractivity contribution is 7.10. The van der Waals surface area contributed by atoms with Gasteiger partial charge in [0.15, 0.2) is 0 Å². The molecule has 0 aliphatic heterocycles. The van der Waals surface area contributed by atoms with E-state index in [9.17, 15) is 4.39 Å². The Hall–Kier alpha value is -1.06. The van der Waals surface area contributed by atoms with Crippen LogP contribution in [0, 0.1) is 11.7 Å². The molecule has 1 heterocycles. The first-order valence-corrected chi connectivity index (χ1v) is 7.08. The maximum absolute atomic E-state index is 13.3. The van der Waals surface area contributed by atoms with Crippen LogP contribution in [0.25, 0.3) is 0 Å². The quantitative estimate of drug-likeness (QED) is 0.797. The summed E-state index contributed by atoms with van der Waals surface area (Å²) in [6, 6.07) is 8.80. The molecular formula is C14H15ClFNS. The molecular weight excluding hydrogens is 269 g/mol. The van der Waals surface area contributed by atoms with Gasteiger partial charge < -0.3 is 5.32 Å². The van der Waals surface area contributed by atoms with Crippen LogP contribution >= 0.6 is 22.9 Å². The van der Waals surface area contributed by atoms with Gasteiger partial charge in [0.05, 0.1) is 6.04 Å². The second kappa shape index (κ2) is 5.72. The Labute approximate surface area is 116 Å². The first-order valence-electron chi connectivity index (χ1n) is 5.82. The summed E-state index contributed by atoms with van der Waals surface area (Å²) in [6.07, 6.45) is 0. The van der Waals surface area contributed by atoms with Crippen molar-refractivity contribution >= 4 is 28.6 Å². The summed E-state index contributed by atoms with van der Waals surface area (Å²) in [5.41, 5.74) is 0.715. The summed E-state index contributed by atoms with van der Waals surface area (Å²) in [7, 11) is 0. The first-order chi connectivity index (χ1) is 8.56. The second-order valence-electron chi connectivity index (χ2n) is 4.54. The van der Waals surface area contributed by atoms with E-state index in [2.05, 4.69) is 25.2 Å². The molecule has 0 bridgehead atoms. The largest absolute Gasteiger partial charge is 0.377 e. The second-order valence-corrected chi connectivity index (χ2v) is 5.96. The van der Waals surface area contributed by atoms with E-state index in [1.54, 1.807) is 17.4 Å². The molecule has 18 heavy (non-hydrogen) atoms. The van der Waals surface area contributed by atoms with Gasteiger partial charge in [-0.1, -0.05) is 31.5 Å². The van der Waals surface area contributed by atoms with Gasteiger partial charge in [-0.2, -0.15) is 0 Å². The molecule has 0 amide bonds. The minimum Gasteiger partial charge on any atom is -0.377 e. The maximum Gasteiger partial charge on any atom is 0.126 e. The average molecular weight is 284 g/mol. The van der Waals surface area contributed by atoms with Gasteiger partial charge >= 0.3 is 0 Å². The topological polar surface area (TPSA) is 12.0 Å².